The average Bonchev–Trinajstić information content (AvgIpc) is 2.84. The van der Waals surface area contributed by atoms with E-state index < -0.39 is 4.92 Å². The number of nitrogens with zero attached hydrogens (tertiary/aromatic N) is 3. The first-order valence-electron chi connectivity index (χ1n) is 9.86. The number of rotatable bonds is 4. The molecule has 0 radical (unpaired) electrons. The number of non-ortho nitro benzene ring substituents is 1. The Morgan fingerprint density at radius 1 is 0.516 bits per heavy atom. The highest BCUT2D eigenvalue weighted by Gasteiger charge is 2.13. The summed E-state index contributed by atoms with van der Waals surface area (Å²) >= 11 is 0. The molecule has 0 spiro atoms. The van der Waals surface area contributed by atoms with E-state index >= 15 is 0 Å². The summed E-state index contributed by atoms with van der Waals surface area (Å²) in [5.41, 5.74) is 7.31. The average molecular weight is 403 g/mol. The van der Waals surface area contributed by atoms with Gasteiger partial charge in [0, 0.05) is 23.3 Å². The first-order valence-corrected chi connectivity index (χ1v) is 9.86. The molecule has 5 rings (SSSR count). The molecule has 0 unspecified atom stereocenters. The quantitative estimate of drug-likeness (QED) is 0.252. The fourth-order valence-corrected chi connectivity index (χ4v) is 3.59. The molecule has 0 aliphatic heterocycles. The zero-order chi connectivity index (χ0) is 21.2. The zero-order valence-electron chi connectivity index (χ0n) is 16.5. The van der Waals surface area contributed by atoms with E-state index in [1.54, 1.807) is 12.1 Å². The largest absolute Gasteiger partial charge is 0.269 e. The molecule has 0 N–H and O–H groups in total. The standard InChI is InChI=1S/C26H17N3O2/c30-29(31)22-16-14-19(15-17-22)18-10-12-21(13-11-18)26-25(20-6-2-1-3-7-20)27-23-8-4-5-9-24(23)28-26/h1-17H. The van der Waals surface area contributed by atoms with Gasteiger partial charge in [-0.2, -0.15) is 0 Å². The molecule has 31 heavy (non-hydrogen) atoms. The van der Waals surface area contributed by atoms with Gasteiger partial charge in [0.15, 0.2) is 0 Å². The Morgan fingerprint density at radius 3 is 1.45 bits per heavy atom. The minimum atomic E-state index is -0.392. The minimum absolute atomic E-state index is 0.0827. The van der Waals surface area contributed by atoms with E-state index in [0.29, 0.717) is 0 Å². The maximum Gasteiger partial charge on any atom is 0.269 e. The Labute approximate surface area is 178 Å². The third-order valence-corrected chi connectivity index (χ3v) is 5.19. The van der Waals surface area contributed by atoms with E-state index in [2.05, 4.69) is 0 Å². The van der Waals surface area contributed by atoms with E-state index in [1.807, 2.05) is 78.9 Å². The van der Waals surface area contributed by atoms with Crippen LogP contribution in [0.15, 0.2) is 103 Å². The molecule has 148 valence electrons. The molecule has 0 aliphatic carbocycles. The molecule has 0 bridgehead atoms. The van der Waals surface area contributed by atoms with Gasteiger partial charge in [0.2, 0.25) is 0 Å². The number of fused-ring (bicyclic) bond motifs is 1. The number of para-hydroxylation sites is 2. The lowest BCUT2D eigenvalue weighted by Gasteiger charge is -2.11. The van der Waals surface area contributed by atoms with Crippen molar-refractivity contribution < 1.29 is 4.92 Å². The Bertz CT molecular complexity index is 1380. The van der Waals surface area contributed by atoms with Crippen molar-refractivity contribution in [2.75, 3.05) is 0 Å². The van der Waals surface area contributed by atoms with Crippen LogP contribution in [0.3, 0.4) is 0 Å². The molecule has 5 heteroatoms. The van der Waals surface area contributed by atoms with Crippen molar-refractivity contribution >= 4 is 16.7 Å². The number of hydrogen-bond donors (Lipinski definition) is 0. The molecule has 0 fully saturated rings. The molecule has 0 saturated carbocycles. The van der Waals surface area contributed by atoms with Gasteiger partial charge in [0.05, 0.1) is 27.3 Å². The summed E-state index contributed by atoms with van der Waals surface area (Å²) in [7, 11) is 0. The lowest BCUT2D eigenvalue weighted by Crippen LogP contribution is -1.95. The summed E-state index contributed by atoms with van der Waals surface area (Å²) < 4.78 is 0. The van der Waals surface area contributed by atoms with Crippen molar-refractivity contribution in [2.24, 2.45) is 0 Å². The van der Waals surface area contributed by atoms with Crippen molar-refractivity contribution in [1.29, 1.82) is 0 Å². The lowest BCUT2D eigenvalue weighted by molar-refractivity contribution is -0.384. The number of nitro benzene ring substituents is 1. The van der Waals surface area contributed by atoms with Crippen LogP contribution in [0.4, 0.5) is 5.69 Å². The molecule has 0 amide bonds. The van der Waals surface area contributed by atoms with E-state index in [9.17, 15) is 10.1 Å². The van der Waals surface area contributed by atoms with Crippen molar-refractivity contribution in [1.82, 2.24) is 9.97 Å². The van der Waals surface area contributed by atoms with Gasteiger partial charge in [0.25, 0.3) is 5.69 Å². The van der Waals surface area contributed by atoms with Crippen molar-refractivity contribution in [3.63, 3.8) is 0 Å². The highest BCUT2D eigenvalue weighted by molar-refractivity contribution is 5.86. The van der Waals surface area contributed by atoms with Crippen molar-refractivity contribution in [3.05, 3.63) is 113 Å². The van der Waals surface area contributed by atoms with E-state index in [4.69, 9.17) is 9.97 Å². The van der Waals surface area contributed by atoms with Crippen LogP contribution >= 0.6 is 0 Å². The summed E-state index contributed by atoms with van der Waals surface area (Å²) in [6, 6.07) is 32.5. The maximum atomic E-state index is 10.9. The molecular weight excluding hydrogens is 386 g/mol. The van der Waals surface area contributed by atoms with Gasteiger partial charge in [-0.25, -0.2) is 9.97 Å². The van der Waals surface area contributed by atoms with Crippen LogP contribution < -0.4 is 0 Å². The van der Waals surface area contributed by atoms with Crippen LogP contribution in [-0.4, -0.2) is 14.9 Å². The third kappa shape index (κ3) is 3.65. The first-order chi connectivity index (χ1) is 15.2. The summed E-state index contributed by atoms with van der Waals surface area (Å²) in [6.45, 7) is 0. The smallest absolute Gasteiger partial charge is 0.258 e. The van der Waals surface area contributed by atoms with Crippen LogP contribution in [0, 0.1) is 10.1 Å². The van der Waals surface area contributed by atoms with Crippen LogP contribution in [0.5, 0.6) is 0 Å². The molecule has 5 nitrogen and oxygen atoms in total. The van der Waals surface area contributed by atoms with Crippen LogP contribution in [-0.2, 0) is 0 Å². The molecule has 0 aliphatic rings. The van der Waals surface area contributed by atoms with Gasteiger partial charge >= 0.3 is 0 Å². The second-order valence-electron chi connectivity index (χ2n) is 7.16. The predicted octanol–water partition coefficient (Wildman–Crippen LogP) is 6.54. The summed E-state index contributed by atoms with van der Waals surface area (Å²) in [5.74, 6) is 0. The van der Waals surface area contributed by atoms with Crippen LogP contribution in [0.2, 0.25) is 0 Å². The van der Waals surface area contributed by atoms with Gasteiger partial charge in [-0.05, 0) is 35.4 Å². The summed E-state index contributed by atoms with van der Waals surface area (Å²) in [6.07, 6.45) is 0. The molecule has 5 aromatic rings. The van der Waals surface area contributed by atoms with E-state index in [-0.39, 0.29) is 5.69 Å². The Hall–Kier alpha value is -4.38. The fraction of sp³-hybridized carbons (Fsp3) is 0. The Kier molecular flexibility index (Phi) is 4.69. The van der Waals surface area contributed by atoms with Crippen LogP contribution in [0.1, 0.15) is 0 Å². The topological polar surface area (TPSA) is 68.9 Å². The number of benzene rings is 4. The van der Waals surface area contributed by atoms with Crippen LogP contribution in [0.25, 0.3) is 44.7 Å². The summed E-state index contributed by atoms with van der Waals surface area (Å²) in [4.78, 5) is 20.3. The molecule has 1 aromatic heterocycles. The van der Waals surface area contributed by atoms with E-state index in [1.165, 1.54) is 12.1 Å². The predicted molar refractivity (Wildman–Crippen MR) is 123 cm³/mol. The molecular formula is C26H17N3O2. The number of aromatic nitrogens is 2. The number of nitro groups is 1. The summed E-state index contributed by atoms with van der Waals surface area (Å²) in [5, 5.41) is 10.9. The highest BCUT2D eigenvalue weighted by Crippen LogP contribution is 2.32. The number of hydrogen-bond acceptors (Lipinski definition) is 4. The third-order valence-electron chi connectivity index (χ3n) is 5.19. The maximum absolute atomic E-state index is 10.9. The first kappa shape index (κ1) is 18.6. The Morgan fingerprint density at radius 2 is 0.935 bits per heavy atom. The second kappa shape index (κ2) is 7.80. The van der Waals surface area contributed by atoms with Crippen molar-refractivity contribution in [3.8, 4) is 33.6 Å². The highest BCUT2D eigenvalue weighted by atomic mass is 16.6. The SMILES string of the molecule is O=[N+]([O-])c1ccc(-c2ccc(-c3nc4ccccc4nc3-c3ccccc3)cc2)cc1. The van der Waals surface area contributed by atoms with E-state index in [0.717, 1.165) is 44.7 Å². The molecule has 4 aromatic carbocycles. The second-order valence-corrected chi connectivity index (χ2v) is 7.16. The minimum Gasteiger partial charge on any atom is -0.258 e. The fourth-order valence-electron chi connectivity index (χ4n) is 3.59. The molecule has 0 atom stereocenters. The van der Waals surface area contributed by atoms with Gasteiger partial charge in [-0.15, -0.1) is 0 Å². The molecule has 1 heterocycles. The van der Waals surface area contributed by atoms with Gasteiger partial charge in [-0.1, -0.05) is 66.7 Å². The molecule has 0 saturated heterocycles. The zero-order valence-corrected chi connectivity index (χ0v) is 16.5. The lowest BCUT2D eigenvalue weighted by atomic mass is 10.00. The van der Waals surface area contributed by atoms with Gasteiger partial charge < -0.3 is 0 Å². The normalized spacial score (nSPS) is 10.8. The van der Waals surface area contributed by atoms with Gasteiger partial charge in [-0.3, -0.25) is 10.1 Å². The monoisotopic (exact) mass is 403 g/mol. The van der Waals surface area contributed by atoms with Gasteiger partial charge in [0.1, 0.15) is 0 Å². The van der Waals surface area contributed by atoms with Crippen molar-refractivity contribution in [2.45, 2.75) is 0 Å². The Balaban J connectivity index is 1.59.